The summed E-state index contributed by atoms with van der Waals surface area (Å²) in [5, 5.41) is 5.30. The third kappa shape index (κ3) is 5.15. The minimum Gasteiger partial charge on any atom is -0.375 e. The van der Waals surface area contributed by atoms with Crippen LogP contribution in [0.25, 0.3) is 65.9 Å². The zero-order valence-electron chi connectivity index (χ0n) is 38.7. The van der Waals surface area contributed by atoms with Crippen molar-refractivity contribution in [2.24, 2.45) is 0 Å². The summed E-state index contributed by atoms with van der Waals surface area (Å²) in [4.78, 5) is 2.68. The first-order valence-corrected chi connectivity index (χ1v) is 23.0. The quantitative estimate of drug-likeness (QED) is 0.158. The van der Waals surface area contributed by atoms with E-state index in [1.807, 2.05) is 0 Å². The normalized spacial score (nSPS) is 15.5. The number of hydrogen-bond acceptors (Lipinski definition) is 1. The van der Waals surface area contributed by atoms with Gasteiger partial charge in [0.05, 0.1) is 11.0 Å². The van der Waals surface area contributed by atoms with Crippen LogP contribution in [-0.2, 0) is 21.7 Å². The standard InChI is InChI=1S/C59H56BN3/c1-56(2,3)35-25-27-39(28-26-35)62-49-34-37(58(7,8)9)31-42-43-32-36(57(4,5)6)33-44-51-48(30-29-47-50(51)41-22-16-18-24-46(41)61(47)38-19-13-12-14-20-38)63(54(43)44)60(52(42)49)53-40-21-15-17-23-45(40)59(10,11)55(53)62/h12-34H,1-11H3. The number of benzene rings is 7. The second kappa shape index (κ2) is 12.5. The van der Waals surface area contributed by atoms with Gasteiger partial charge >= 0.3 is 6.85 Å². The monoisotopic (exact) mass is 817 g/mol. The molecule has 0 unspecified atom stereocenters. The van der Waals surface area contributed by atoms with Crippen LogP contribution in [0.2, 0.25) is 0 Å². The van der Waals surface area contributed by atoms with Crippen LogP contribution < -0.4 is 10.4 Å². The van der Waals surface area contributed by atoms with Crippen LogP contribution in [0, 0.1) is 0 Å². The van der Waals surface area contributed by atoms with Crippen molar-refractivity contribution in [3.05, 3.63) is 173 Å². The molecule has 0 amide bonds. The number of nitrogens with zero attached hydrogens (tertiary/aromatic N) is 3. The first-order chi connectivity index (χ1) is 29.9. The molecule has 0 radical (unpaired) electrons. The fourth-order valence-corrected chi connectivity index (χ4v) is 11.7. The molecule has 0 bridgehead atoms. The Morgan fingerprint density at radius 3 is 1.79 bits per heavy atom. The number of rotatable bonds is 2. The van der Waals surface area contributed by atoms with E-state index in [2.05, 4.69) is 230 Å². The Labute approximate surface area is 372 Å². The summed E-state index contributed by atoms with van der Waals surface area (Å²) in [7, 11) is 0. The first-order valence-electron chi connectivity index (χ1n) is 23.0. The van der Waals surface area contributed by atoms with Crippen LogP contribution >= 0.6 is 0 Å². The van der Waals surface area contributed by atoms with E-state index in [4.69, 9.17) is 0 Å². The number of hydrogen-bond donors (Lipinski definition) is 0. The summed E-state index contributed by atoms with van der Waals surface area (Å²) in [5.74, 6) is 0. The lowest BCUT2D eigenvalue weighted by atomic mass is 9.43. The zero-order valence-corrected chi connectivity index (χ0v) is 38.7. The molecule has 0 N–H and O–H groups in total. The van der Waals surface area contributed by atoms with Crippen LogP contribution in [0.1, 0.15) is 104 Å². The van der Waals surface area contributed by atoms with Crippen molar-refractivity contribution in [3.8, 4) is 16.8 Å². The summed E-state index contributed by atoms with van der Waals surface area (Å²) in [6, 6.07) is 53.8. The van der Waals surface area contributed by atoms with Gasteiger partial charge in [0.25, 0.3) is 0 Å². The van der Waals surface area contributed by atoms with Gasteiger partial charge in [-0.2, -0.15) is 0 Å². The number of allylic oxidation sites excluding steroid dienone is 1. The molecule has 2 aromatic heterocycles. The minimum atomic E-state index is -0.265. The summed E-state index contributed by atoms with van der Waals surface area (Å²) < 4.78 is 5.26. The number of para-hydroxylation sites is 2. The van der Waals surface area contributed by atoms with Crippen molar-refractivity contribution in [2.45, 2.75) is 97.8 Å². The SMILES string of the molecule is CC(C)(C)c1ccc(N2C3=C(B4c5c(cc(C(C)(C)C)cc52)-c2cc(C(C)(C)C)cc5c6c7c8ccccc8n(-c8ccccc8)c7ccc6n4c25)c2ccccc2C3(C)C)cc1. The summed E-state index contributed by atoms with van der Waals surface area (Å²) >= 11 is 0. The average Bonchev–Trinajstić information content (AvgIpc) is 3.85. The predicted molar refractivity (Wildman–Crippen MR) is 271 cm³/mol. The molecular formula is C59H56BN3. The maximum absolute atomic E-state index is 2.79. The highest BCUT2D eigenvalue weighted by Crippen LogP contribution is 2.58. The van der Waals surface area contributed by atoms with E-state index in [1.165, 1.54) is 116 Å². The molecule has 12 rings (SSSR count). The highest BCUT2D eigenvalue weighted by Gasteiger charge is 2.53. The molecule has 4 heterocycles. The Bertz CT molecular complexity index is 3460. The Morgan fingerprint density at radius 1 is 0.476 bits per heavy atom. The minimum absolute atomic E-state index is 0.0417. The molecule has 0 spiro atoms. The Hall–Kier alpha value is -6.26. The van der Waals surface area contributed by atoms with Crippen molar-refractivity contribution in [3.63, 3.8) is 0 Å². The van der Waals surface area contributed by atoms with Crippen LogP contribution in [0.15, 0.2) is 145 Å². The van der Waals surface area contributed by atoms with Gasteiger partial charge in [-0.3, -0.25) is 0 Å². The van der Waals surface area contributed by atoms with Crippen molar-refractivity contribution < 1.29 is 0 Å². The van der Waals surface area contributed by atoms with Crippen molar-refractivity contribution in [1.82, 2.24) is 9.05 Å². The Kier molecular flexibility index (Phi) is 7.61. The fraction of sp³-hybridized carbons (Fsp3) is 0.254. The van der Waals surface area contributed by atoms with Gasteiger partial charge in [-0.05, 0) is 121 Å². The second-order valence-corrected chi connectivity index (χ2v) is 22.3. The Balaban J connectivity index is 1.30. The van der Waals surface area contributed by atoms with Gasteiger partial charge in [-0.15, -0.1) is 0 Å². The highest BCUT2D eigenvalue weighted by atomic mass is 15.2. The second-order valence-electron chi connectivity index (χ2n) is 22.3. The van der Waals surface area contributed by atoms with Gasteiger partial charge in [0.2, 0.25) is 0 Å². The van der Waals surface area contributed by atoms with Gasteiger partial charge < -0.3 is 13.9 Å². The molecule has 3 nitrogen and oxygen atoms in total. The lowest BCUT2D eigenvalue weighted by Gasteiger charge is -2.44. The zero-order chi connectivity index (χ0) is 43.7. The molecule has 0 atom stereocenters. The van der Waals surface area contributed by atoms with E-state index in [-0.39, 0.29) is 28.5 Å². The van der Waals surface area contributed by atoms with Gasteiger partial charge in [-0.1, -0.05) is 155 Å². The van der Waals surface area contributed by atoms with E-state index in [1.54, 1.807) is 0 Å². The summed E-state index contributed by atoms with van der Waals surface area (Å²) in [5.41, 5.74) is 22.2. The van der Waals surface area contributed by atoms with Crippen LogP contribution in [0.4, 0.5) is 11.4 Å². The van der Waals surface area contributed by atoms with Crippen molar-refractivity contribution >= 4 is 72.8 Å². The third-order valence-electron chi connectivity index (χ3n) is 14.9. The molecular weight excluding hydrogens is 761 g/mol. The van der Waals surface area contributed by atoms with Crippen molar-refractivity contribution in [1.29, 1.82) is 0 Å². The maximum atomic E-state index is 2.79. The molecule has 7 aromatic carbocycles. The molecule has 0 saturated heterocycles. The van der Waals surface area contributed by atoms with Crippen molar-refractivity contribution in [2.75, 3.05) is 4.90 Å². The van der Waals surface area contributed by atoms with E-state index >= 15 is 0 Å². The molecule has 0 fully saturated rings. The molecule has 4 heteroatoms. The number of fused-ring (bicyclic) bond motifs is 12. The van der Waals surface area contributed by atoms with Gasteiger partial charge in [0.15, 0.2) is 0 Å². The molecule has 2 aliphatic heterocycles. The molecule has 1 aliphatic carbocycles. The van der Waals surface area contributed by atoms with E-state index < -0.39 is 0 Å². The molecule has 0 saturated carbocycles. The van der Waals surface area contributed by atoms with Crippen LogP contribution in [-0.4, -0.2) is 15.9 Å². The fourth-order valence-electron chi connectivity index (χ4n) is 11.7. The van der Waals surface area contributed by atoms with Gasteiger partial charge in [-0.25, -0.2) is 0 Å². The van der Waals surface area contributed by atoms with Gasteiger partial charge in [0, 0.05) is 66.3 Å². The summed E-state index contributed by atoms with van der Waals surface area (Å²) in [6.07, 6.45) is 0. The number of aromatic nitrogens is 2. The van der Waals surface area contributed by atoms with E-state index in [0.29, 0.717) is 0 Å². The van der Waals surface area contributed by atoms with Crippen LogP contribution in [0.3, 0.4) is 0 Å². The molecule has 9 aromatic rings. The lowest BCUT2D eigenvalue weighted by Crippen LogP contribution is -2.50. The number of anilines is 2. The molecule has 63 heavy (non-hydrogen) atoms. The topological polar surface area (TPSA) is 13.1 Å². The first kappa shape index (κ1) is 38.4. The molecule has 3 aliphatic rings. The maximum Gasteiger partial charge on any atom is 0.333 e. The lowest BCUT2D eigenvalue weighted by molar-refractivity contribution is 0.588. The van der Waals surface area contributed by atoms with E-state index in [9.17, 15) is 0 Å². The summed E-state index contributed by atoms with van der Waals surface area (Å²) in [6.45, 7) is 26.1. The average molecular weight is 818 g/mol. The predicted octanol–water partition coefficient (Wildman–Crippen LogP) is 14.9. The smallest absolute Gasteiger partial charge is 0.333 e. The Morgan fingerprint density at radius 2 is 1.08 bits per heavy atom. The largest absolute Gasteiger partial charge is 0.375 e. The highest BCUT2D eigenvalue weighted by molar-refractivity contribution is 6.93. The molecule has 310 valence electrons. The van der Waals surface area contributed by atoms with E-state index in [0.717, 1.165) is 0 Å². The van der Waals surface area contributed by atoms with Crippen LogP contribution in [0.5, 0.6) is 0 Å². The third-order valence-corrected chi connectivity index (χ3v) is 14.9. The van der Waals surface area contributed by atoms with Gasteiger partial charge in [0.1, 0.15) is 0 Å².